The number of aromatic nitrogens is 9. The van der Waals surface area contributed by atoms with Crippen LogP contribution in [0.15, 0.2) is 328 Å². The highest BCUT2D eigenvalue weighted by atomic mass is 15.1. The van der Waals surface area contributed by atoms with E-state index in [1.165, 1.54) is 131 Å². The summed E-state index contributed by atoms with van der Waals surface area (Å²) in [4.78, 5) is 14.7. The summed E-state index contributed by atoms with van der Waals surface area (Å²) in [5.74, 6) is 0. The van der Waals surface area contributed by atoms with Crippen LogP contribution in [0.2, 0.25) is 0 Å². The Balaban J connectivity index is 0.000000116. The van der Waals surface area contributed by atoms with Crippen LogP contribution in [0.1, 0.15) is 83.5 Å². The molecule has 12 nitrogen and oxygen atoms in total. The minimum absolute atomic E-state index is 0.623. The molecule has 9 heterocycles. The predicted octanol–water partition coefficient (Wildman–Crippen LogP) is 30.1. The third-order valence-corrected chi connectivity index (χ3v) is 26.5. The summed E-state index contributed by atoms with van der Waals surface area (Å²) in [6.45, 7) is 25.7. The summed E-state index contributed by atoms with van der Waals surface area (Å²) in [6, 6.07) is 111. The molecule has 0 N–H and O–H groups in total. The van der Waals surface area contributed by atoms with Gasteiger partial charge in [-0.1, -0.05) is 182 Å². The van der Waals surface area contributed by atoms with Crippen LogP contribution in [0, 0.1) is 117 Å². The van der Waals surface area contributed by atoms with Crippen LogP contribution in [0.4, 0.5) is 0 Å². The molecule has 0 saturated carbocycles. The first-order valence-electron chi connectivity index (χ1n) is 44.8. The van der Waals surface area contributed by atoms with E-state index in [-0.39, 0.29) is 0 Å². The van der Waals surface area contributed by atoms with Gasteiger partial charge in [-0.25, -0.2) is 0 Å². The number of hydrogen-bond donors (Lipinski definition) is 0. The lowest BCUT2D eigenvalue weighted by atomic mass is 9.97. The Bertz CT molecular complexity index is 8370. The van der Waals surface area contributed by atoms with Crippen LogP contribution in [0.3, 0.4) is 0 Å². The molecule has 0 unspecified atom stereocenters. The summed E-state index contributed by atoms with van der Waals surface area (Å²) in [5.41, 5.74) is 41.8. The molecule has 0 aliphatic heterocycles. The molecule has 0 aliphatic carbocycles. The molecule has 0 aliphatic rings. The van der Waals surface area contributed by atoms with E-state index in [0.29, 0.717) is 16.7 Å². The Morgan fingerprint density at radius 1 is 0.189 bits per heavy atom. The van der Waals surface area contributed by atoms with Gasteiger partial charge in [0.25, 0.3) is 0 Å². The number of nitriles is 3. The van der Waals surface area contributed by atoms with E-state index in [9.17, 15) is 15.8 Å². The lowest BCUT2D eigenvalue weighted by Crippen LogP contribution is -2.05. The lowest BCUT2D eigenvalue weighted by Gasteiger charge is -2.20. The Morgan fingerprint density at radius 3 is 0.636 bits per heavy atom. The van der Waals surface area contributed by atoms with Crippen molar-refractivity contribution in [3.05, 3.63) is 412 Å². The molecule has 132 heavy (non-hydrogen) atoms. The van der Waals surface area contributed by atoms with E-state index in [2.05, 4.69) is 371 Å². The number of nitrogens with zero attached hydrogens (tertiary/aromatic N) is 12. The standard InChI is InChI=1S/3C40H30N4/c1-24-5-13-34-30(17-24)31-18-25(2)6-14-35(31)43(34)38-22-42-23-39(40(38)29-11-9-28(21-41)10-12-29)44-36-15-7-26(3)19-32(36)33-20-27(4)8-16-37(33)44;1-24-8-12-34-30(16-24)31-17-25(2)9-13-35(31)43(34)38-22-42-23-39(40(38)29-7-5-6-28(20-29)21-41)44-36-14-10-26(3)18-32(36)33-19-27(4)11-15-37(33)44;1-24-9-13-34-30(17-24)31-18-25(2)10-14-35(31)43(34)38-22-42-23-39(40(38)29-8-6-5-7-28(29)21-41)44-36-15-11-26(3)19-32(36)33-20-27(4)12-16-37(33)44/h3*5-20,22-23H,1-4H3. The first-order valence-corrected chi connectivity index (χ1v) is 44.8. The van der Waals surface area contributed by atoms with Gasteiger partial charge in [0.2, 0.25) is 0 Å². The fourth-order valence-corrected chi connectivity index (χ4v) is 20.5. The van der Waals surface area contributed by atoms with Crippen molar-refractivity contribution in [1.82, 2.24) is 42.4 Å². The minimum Gasteiger partial charge on any atom is -0.307 e. The Hall–Kier alpha value is -17.0. The van der Waals surface area contributed by atoms with Crippen molar-refractivity contribution in [3.63, 3.8) is 0 Å². The number of pyridine rings is 3. The van der Waals surface area contributed by atoms with Crippen molar-refractivity contribution in [2.75, 3.05) is 0 Å². The second-order valence-electron chi connectivity index (χ2n) is 36.0. The molecule has 0 saturated heterocycles. The van der Waals surface area contributed by atoms with E-state index in [1.807, 2.05) is 85.7 Å². The normalized spacial score (nSPS) is 11.6. The number of hydrogen-bond acceptors (Lipinski definition) is 6. The van der Waals surface area contributed by atoms with Crippen molar-refractivity contribution in [2.45, 2.75) is 83.1 Å². The zero-order valence-corrected chi connectivity index (χ0v) is 75.5. The number of aryl methyl sites for hydroxylation is 12. The molecule has 12 heteroatoms. The van der Waals surface area contributed by atoms with E-state index in [4.69, 9.17) is 15.0 Å². The number of rotatable bonds is 9. The Morgan fingerprint density at radius 2 is 0.409 bits per heavy atom. The molecular weight excluding hydrogens is 1610 g/mol. The number of fused-ring (bicyclic) bond motifs is 18. The van der Waals surface area contributed by atoms with Crippen molar-refractivity contribution in [2.24, 2.45) is 0 Å². The van der Waals surface area contributed by atoms with Gasteiger partial charge in [-0.15, -0.1) is 0 Å². The fraction of sp³-hybridized carbons (Fsp3) is 0.100. The monoisotopic (exact) mass is 1700 g/mol. The largest absolute Gasteiger partial charge is 0.307 e. The highest BCUT2D eigenvalue weighted by Crippen LogP contribution is 2.49. The summed E-state index contributed by atoms with van der Waals surface area (Å²) in [6.07, 6.45) is 11.8. The molecule has 0 spiro atoms. The van der Waals surface area contributed by atoms with Crippen LogP contribution < -0.4 is 0 Å². The van der Waals surface area contributed by atoms with Gasteiger partial charge in [-0.05, 0) is 270 Å². The molecule has 24 rings (SSSR count). The molecule has 0 atom stereocenters. The van der Waals surface area contributed by atoms with Gasteiger partial charge >= 0.3 is 0 Å². The van der Waals surface area contributed by atoms with Crippen LogP contribution >= 0.6 is 0 Å². The highest BCUT2D eigenvalue weighted by Gasteiger charge is 2.29. The molecule has 0 amide bonds. The zero-order chi connectivity index (χ0) is 90.3. The molecule has 0 radical (unpaired) electrons. The topological polar surface area (TPSA) is 140 Å². The highest BCUT2D eigenvalue weighted by molar-refractivity contribution is 6.17. The maximum atomic E-state index is 10.4. The molecular formula is C120H90N12. The van der Waals surface area contributed by atoms with Gasteiger partial charge in [-0.3, -0.25) is 15.0 Å². The first kappa shape index (κ1) is 80.8. The smallest absolute Gasteiger partial charge is 0.0998 e. The van der Waals surface area contributed by atoms with Gasteiger partial charge in [0.05, 0.1) is 172 Å². The molecule has 0 fully saturated rings. The summed E-state index contributed by atoms with van der Waals surface area (Å²) >= 11 is 0. The van der Waals surface area contributed by atoms with Crippen LogP contribution in [0.25, 0.3) is 198 Å². The minimum atomic E-state index is 0.623. The van der Waals surface area contributed by atoms with E-state index in [1.54, 1.807) is 0 Å². The first-order chi connectivity index (χ1) is 64.2. The maximum absolute atomic E-state index is 10.4. The maximum Gasteiger partial charge on any atom is 0.0998 e. The second kappa shape index (κ2) is 31.8. The van der Waals surface area contributed by atoms with Crippen molar-refractivity contribution >= 4 is 131 Å². The molecule has 24 aromatic rings. The van der Waals surface area contributed by atoms with Gasteiger partial charge in [0.15, 0.2) is 0 Å². The van der Waals surface area contributed by atoms with Crippen LogP contribution in [-0.4, -0.2) is 42.4 Å². The predicted molar refractivity (Wildman–Crippen MR) is 546 cm³/mol. The van der Waals surface area contributed by atoms with Crippen molar-refractivity contribution in [3.8, 4) is 85.7 Å². The summed E-state index contributed by atoms with van der Waals surface area (Å²) < 4.78 is 14.1. The average Bonchev–Trinajstić information content (AvgIpc) is 1.58. The SMILES string of the molecule is Cc1ccc2c(c1)c1cc(C)ccc1n2-c1cncc(-n2c3ccc(C)cc3c3cc(C)ccc32)c1-c1ccc(C#N)cc1.Cc1ccc2c(c1)c1cc(C)ccc1n2-c1cncc(-n2c3ccc(C)cc3c3cc(C)ccc32)c1-c1cccc(C#N)c1.Cc1ccc2c(c1)c1cc(C)ccc1n2-c1cncc(-n2c3ccc(C)cc3c3cc(C)ccc32)c1-c1ccccc1C#N. The van der Waals surface area contributed by atoms with E-state index in [0.717, 1.165) is 134 Å². The van der Waals surface area contributed by atoms with Crippen molar-refractivity contribution < 1.29 is 0 Å². The lowest BCUT2D eigenvalue weighted by molar-refractivity contribution is 1.09. The fourth-order valence-electron chi connectivity index (χ4n) is 20.5. The molecule has 0 bridgehead atoms. The third-order valence-electron chi connectivity index (χ3n) is 26.5. The quantitative estimate of drug-likeness (QED) is 0.141. The summed E-state index contributed by atoms with van der Waals surface area (Å²) in [7, 11) is 0. The average molecular weight is 1700 g/mol. The van der Waals surface area contributed by atoms with E-state index >= 15 is 0 Å². The molecule has 9 aromatic heterocycles. The molecule has 15 aromatic carbocycles. The summed E-state index contributed by atoms with van der Waals surface area (Å²) in [5, 5.41) is 44.5. The van der Waals surface area contributed by atoms with Crippen molar-refractivity contribution in [1.29, 1.82) is 15.8 Å². The van der Waals surface area contributed by atoms with Gasteiger partial charge < -0.3 is 27.4 Å². The van der Waals surface area contributed by atoms with Crippen LogP contribution in [-0.2, 0) is 0 Å². The van der Waals surface area contributed by atoms with Gasteiger partial charge in [0.1, 0.15) is 0 Å². The zero-order valence-electron chi connectivity index (χ0n) is 75.5. The van der Waals surface area contributed by atoms with Gasteiger partial charge in [0, 0.05) is 86.9 Å². The van der Waals surface area contributed by atoms with Crippen LogP contribution in [0.5, 0.6) is 0 Å². The Labute approximate surface area is 764 Å². The van der Waals surface area contributed by atoms with E-state index < -0.39 is 0 Å². The Kier molecular flexibility index (Phi) is 19.5. The second-order valence-corrected chi connectivity index (χ2v) is 36.0. The number of benzene rings is 15. The van der Waals surface area contributed by atoms with Gasteiger partial charge in [-0.2, -0.15) is 15.8 Å². The molecule has 630 valence electrons. The third kappa shape index (κ3) is 13.3.